The first kappa shape index (κ1) is 17.2. The lowest BCUT2D eigenvalue weighted by Crippen LogP contribution is -1.98. The summed E-state index contributed by atoms with van der Waals surface area (Å²) in [6.07, 6.45) is 4.10. The summed E-state index contributed by atoms with van der Waals surface area (Å²) in [5, 5.41) is 12.7. The third-order valence-electron chi connectivity index (χ3n) is 3.73. The fraction of sp³-hybridized carbons (Fsp3) is 0.105. The number of nitrogens with zero attached hydrogens (tertiary/aromatic N) is 2. The number of hydrogen-bond acceptors (Lipinski definition) is 6. The van der Waals surface area contributed by atoms with Crippen LogP contribution < -0.4 is 14.8 Å². The van der Waals surface area contributed by atoms with Crippen LogP contribution in [-0.4, -0.2) is 35.3 Å². The molecule has 0 fully saturated rings. The van der Waals surface area contributed by atoms with Gasteiger partial charge in [-0.2, -0.15) is 0 Å². The Hall–Kier alpha value is -3.61. The van der Waals surface area contributed by atoms with Gasteiger partial charge in [0.05, 0.1) is 19.7 Å². The zero-order chi connectivity index (χ0) is 18.5. The van der Waals surface area contributed by atoms with Crippen molar-refractivity contribution in [3.63, 3.8) is 0 Å². The molecule has 0 radical (unpaired) electrons. The van der Waals surface area contributed by atoms with Gasteiger partial charge in [-0.05, 0) is 29.8 Å². The van der Waals surface area contributed by atoms with Crippen LogP contribution in [0, 0.1) is 0 Å². The van der Waals surface area contributed by atoms with Gasteiger partial charge in [-0.1, -0.05) is 12.1 Å². The Labute approximate surface area is 149 Å². The maximum atomic E-state index is 10.6. The first-order valence-corrected chi connectivity index (χ1v) is 7.75. The van der Waals surface area contributed by atoms with E-state index in [1.54, 1.807) is 20.3 Å². The quantitative estimate of drug-likeness (QED) is 0.657. The van der Waals surface area contributed by atoms with Gasteiger partial charge >= 0.3 is 5.97 Å². The molecule has 2 aromatic carbocycles. The molecule has 26 heavy (non-hydrogen) atoms. The van der Waals surface area contributed by atoms with E-state index in [0.717, 1.165) is 28.2 Å². The van der Waals surface area contributed by atoms with Crippen LogP contribution in [-0.2, 0) is 4.79 Å². The lowest BCUT2D eigenvalue weighted by Gasteiger charge is -2.12. The molecule has 7 nitrogen and oxygen atoms in total. The maximum Gasteiger partial charge on any atom is 0.328 e. The molecule has 3 aromatic rings. The number of methoxy groups -OCH3 is 2. The van der Waals surface area contributed by atoms with Gasteiger partial charge in [0.2, 0.25) is 0 Å². The van der Waals surface area contributed by atoms with E-state index >= 15 is 0 Å². The Kier molecular flexibility index (Phi) is 4.98. The lowest BCUT2D eigenvalue weighted by molar-refractivity contribution is -0.131. The number of carbonyl (C=O) groups is 1. The molecule has 0 aliphatic carbocycles. The summed E-state index contributed by atoms with van der Waals surface area (Å²) >= 11 is 0. The number of hydrogen-bond donors (Lipinski definition) is 2. The standard InChI is InChI=1S/C19H17N3O4/c1-25-16-9-14-15(10-17(16)26-2)20-11-21-19(14)22-13-6-3-12(4-7-13)5-8-18(23)24/h3-11H,1-2H3,(H,23,24)(H,20,21,22)/b8-5+. The van der Waals surface area contributed by atoms with Crippen LogP contribution in [0.2, 0.25) is 0 Å². The number of rotatable bonds is 6. The molecule has 0 bridgehead atoms. The highest BCUT2D eigenvalue weighted by atomic mass is 16.5. The number of nitrogens with one attached hydrogen (secondary N) is 1. The summed E-state index contributed by atoms with van der Waals surface area (Å²) in [5.41, 5.74) is 2.32. The fourth-order valence-corrected chi connectivity index (χ4v) is 2.46. The minimum Gasteiger partial charge on any atom is -0.493 e. The zero-order valence-corrected chi connectivity index (χ0v) is 14.3. The predicted molar refractivity (Wildman–Crippen MR) is 99.0 cm³/mol. The van der Waals surface area contributed by atoms with E-state index < -0.39 is 5.97 Å². The van der Waals surface area contributed by atoms with Gasteiger partial charge in [-0.25, -0.2) is 14.8 Å². The van der Waals surface area contributed by atoms with E-state index in [1.807, 2.05) is 30.3 Å². The van der Waals surface area contributed by atoms with E-state index in [9.17, 15) is 4.79 Å². The molecule has 132 valence electrons. The lowest BCUT2D eigenvalue weighted by atomic mass is 10.1. The summed E-state index contributed by atoms with van der Waals surface area (Å²) in [5.74, 6) is 0.833. The molecule has 3 rings (SSSR count). The van der Waals surface area contributed by atoms with Gasteiger partial charge < -0.3 is 19.9 Å². The highest BCUT2D eigenvalue weighted by molar-refractivity contribution is 5.93. The predicted octanol–water partition coefficient (Wildman–Crippen LogP) is 3.49. The number of carboxylic acids is 1. The molecule has 0 aliphatic heterocycles. The van der Waals surface area contributed by atoms with E-state index in [0.29, 0.717) is 17.3 Å². The van der Waals surface area contributed by atoms with Crippen molar-refractivity contribution in [2.24, 2.45) is 0 Å². The number of benzene rings is 2. The van der Waals surface area contributed by atoms with Crippen LogP contribution >= 0.6 is 0 Å². The first-order valence-electron chi connectivity index (χ1n) is 7.75. The highest BCUT2D eigenvalue weighted by Gasteiger charge is 2.11. The molecule has 0 aliphatic rings. The van der Waals surface area contributed by atoms with Crippen LogP contribution in [0.5, 0.6) is 11.5 Å². The van der Waals surface area contributed by atoms with Crippen LogP contribution in [0.3, 0.4) is 0 Å². The van der Waals surface area contributed by atoms with Crippen LogP contribution in [0.1, 0.15) is 5.56 Å². The smallest absolute Gasteiger partial charge is 0.328 e. The van der Waals surface area contributed by atoms with E-state index in [1.165, 1.54) is 12.4 Å². The molecule has 0 amide bonds. The second-order valence-corrected chi connectivity index (χ2v) is 5.37. The number of aromatic nitrogens is 2. The van der Waals surface area contributed by atoms with Crippen molar-refractivity contribution in [3.8, 4) is 11.5 Å². The van der Waals surface area contributed by atoms with E-state index in [4.69, 9.17) is 14.6 Å². The first-order chi connectivity index (χ1) is 12.6. The molecule has 1 aromatic heterocycles. The van der Waals surface area contributed by atoms with Crippen molar-refractivity contribution >= 4 is 34.5 Å². The van der Waals surface area contributed by atoms with Gasteiger partial charge in [0, 0.05) is 23.2 Å². The average Bonchev–Trinajstić information content (AvgIpc) is 2.66. The fourth-order valence-electron chi connectivity index (χ4n) is 2.46. The van der Waals surface area contributed by atoms with Gasteiger partial charge in [0.15, 0.2) is 11.5 Å². The second kappa shape index (κ2) is 7.52. The molecule has 0 saturated carbocycles. The molecular weight excluding hydrogens is 334 g/mol. The third-order valence-corrected chi connectivity index (χ3v) is 3.73. The Morgan fingerprint density at radius 3 is 2.42 bits per heavy atom. The molecule has 0 unspecified atom stereocenters. The van der Waals surface area contributed by atoms with Crippen LogP contribution in [0.4, 0.5) is 11.5 Å². The number of anilines is 2. The highest BCUT2D eigenvalue weighted by Crippen LogP contribution is 2.34. The number of aliphatic carboxylic acids is 1. The number of ether oxygens (including phenoxy) is 2. The molecule has 1 heterocycles. The van der Waals surface area contributed by atoms with Crippen LogP contribution in [0.15, 0.2) is 48.8 Å². The minimum atomic E-state index is -0.982. The minimum absolute atomic E-state index is 0.590. The Balaban J connectivity index is 1.92. The zero-order valence-electron chi connectivity index (χ0n) is 14.3. The molecular formula is C19H17N3O4. The molecule has 0 atom stereocenters. The third kappa shape index (κ3) is 3.72. The van der Waals surface area contributed by atoms with Gasteiger partial charge in [0.25, 0.3) is 0 Å². The second-order valence-electron chi connectivity index (χ2n) is 5.37. The van der Waals surface area contributed by atoms with Crippen molar-refractivity contribution in [2.45, 2.75) is 0 Å². The van der Waals surface area contributed by atoms with E-state index in [2.05, 4.69) is 15.3 Å². The molecule has 2 N–H and O–H groups in total. The van der Waals surface area contributed by atoms with Crippen molar-refractivity contribution in [1.29, 1.82) is 0 Å². The van der Waals surface area contributed by atoms with Crippen molar-refractivity contribution in [2.75, 3.05) is 19.5 Å². The number of carboxylic acid groups (broad SMARTS) is 1. The molecule has 7 heteroatoms. The molecule has 0 spiro atoms. The maximum absolute atomic E-state index is 10.6. The van der Waals surface area contributed by atoms with Crippen LogP contribution in [0.25, 0.3) is 17.0 Å². The average molecular weight is 351 g/mol. The summed E-state index contributed by atoms with van der Waals surface area (Å²) in [6, 6.07) is 10.9. The van der Waals surface area contributed by atoms with Crippen molar-refractivity contribution < 1.29 is 19.4 Å². The summed E-state index contributed by atoms with van der Waals surface area (Å²) in [4.78, 5) is 19.1. The Morgan fingerprint density at radius 1 is 1.08 bits per heavy atom. The van der Waals surface area contributed by atoms with Crippen molar-refractivity contribution in [3.05, 3.63) is 54.4 Å². The van der Waals surface area contributed by atoms with Crippen molar-refractivity contribution in [1.82, 2.24) is 9.97 Å². The monoisotopic (exact) mass is 351 g/mol. The summed E-state index contributed by atoms with van der Waals surface area (Å²) in [7, 11) is 3.15. The topological polar surface area (TPSA) is 93.6 Å². The van der Waals surface area contributed by atoms with Gasteiger partial charge in [-0.3, -0.25) is 0 Å². The van der Waals surface area contributed by atoms with E-state index in [-0.39, 0.29) is 0 Å². The molecule has 0 saturated heterocycles. The number of fused-ring (bicyclic) bond motifs is 1. The summed E-state index contributed by atoms with van der Waals surface area (Å²) < 4.78 is 10.6. The van der Waals surface area contributed by atoms with Gasteiger partial charge in [-0.15, -0.1) is 0 Å². The van der Waals surface area contributed by atoms with Gasteiger partial charge in [0.1, 0.15) is 12.1 Å². The normalized spacial score (nSPS) is 10.8. The Morgan fingerprint density at radius 2 is 1.77 bits per heavy atom. The summed E-state index contributed by atoms with van der Waals surface area (Å²) in [6.45, 7) is 0. The SMILES string of the molecule is COc1cc2ncnc(Nc3ccc(/C=C/C(=O)O)cc3)c2cc1OC. The Bertz CT molecular complexity index is 968. The largest absolute Gasteiger partial charge is 0.493 e.